The van der Waals surface area contributed by atoms with Crippen LogP contribution in [0.15, 0.2) is 0 Å². The molecule has 2 unspecified atom stereocenters. The van der Waals surface area contributed by atoms with Gasteiger partial charge in [0, 0.05) is 25.7 Å². The summed E-state index contributed by atoms with van der Waals surface area (Å²) in [6.45, 7) is 12.0. The van der Waals surface area contributed by atoms with Gasteiger partial charge in [0.2, 0.25) is 0 Å². The van der Waals surface area contributed by atoms with Crippen molar-refractivity contribution in [1.29, 1.82) is 0 Å². The predicted octanol–water partition coefficient (Wildman–Crippen LogP) is 26.1. The fourth-order valence-electron chi connectivity index (χ4n) is 13.4. The molecule has 0 aromatic carbocycles. The SMILES string of the molecule is CCCCCCCCCCCCCCCCCCCCCC(=O)O[C@H](COC(=O)CCCCCCCCCCCCCCCCCC(C)C)COP(=O)(O)OC[C@@H](O)COP(=O)(O)OC[C@@H](COC(=O)CCCCCCCCCCC(C)C)OC(=O)CCCCCCCCCCCCCCCCC(C)C. The summed E-state index contributed by atoms with van der Waals surface area (Å²) in [7, 11) is -9.93. The molecule has 19 heteroatoms. The zero-order valence-electron chi connectivity index (χ0n) is 69.2. The van der Waals surface area contributed by atoms with Gasteiger partial charge in [0.25, 0.3) is 0 Å². The van der Waals surface area contributed by atoms with Gasteiger partial charge in [-0.15, -0.1) is 0 Å². The number of phosphoric ester groups is 2. The van der Waals surface area contributed by atoms with E-state index < -0.39 is 97.5 Å². The molecule has 0 aromatic heterocycles. The summed E-state index contributed by atoms with van der Waals surface area (Å²) in [4.78, 5) is 73.2. The number of aliphatic hydroxyl groups is 1. The summed E-state index contributed by atoms with van der Waals surface area (Å²) >= 11 is 0. The lowest BCUT2D eigenvalue weighted by Gasteiger charge is -2.21. The van der Waals surface area contributed by atoms with Crippen molar-refractivity contribution in [3.63, 3.8) is 0 Å². The summed E-state index contributed by atoms with van der Waals surface area (Å²) in [5.74, 6) is 0.223. The van der Waals surface area contributed by atoms with Gasteiger partial charge in [0.15, 0.2) is 12.2 Å². The maximum Gasteiger partial charge on any atom is 0.472 e. The fraction of sp³-hybridized carbons (Fsp3) is 0.953. The zero-order valence-corrected chi connectivity index (χ0v) is 71.0. The van der Waals surface area contributed by atoms with E-state index >= 15 is 0 Å². The lowest BCUT2D eigenvalue weighted by molar-refractivity contribution is -0.161. The Bertz CT molecular complexity index is 2030. The van der Waals surface area contributed by atoms with Crippen LogP contribution in [0.25, 0.3) is 0 Å². The van der Waals surface area contributed by atoms with Crippen LogP contribution in [0.3, 0.4) is 0 Å². The third kappa shape index (κ3) is 79.9. The lowest BCUT2D eigenvalue weighted by atomic mass is 10.0. The topological polar surface area (TPSA) is 237 Å². The van der Waals surface area contributed by atoms with Crippen molar-refractivity contribution in [2.75, 3.05) is 39.6 Å². The van der Waals surface area contributed by atoms with Gasteiger partial charge < -0.3 is 33.8 Å². The maximum absolute atomic E-state index is 13.1. The van der Waals surface area contributed by atoms with E-state index in [0.29, 0.717) is 25.7 Å². The predicted molar refractivity (Wildman–Crippen MR) is 432 cm³/mol. The second-order valence-electron chi connectivity index (χ2n) is 32.4. The largest absolute Gasteiger partial charge is 0.472 e. The molecule has 0 fully saturated rings. The monoisotopic (exact) mass is 1540 g/mol. The average Bonchev–Trinajstić information content (AvgIpc) is 0.904. The average molecular weight is 1540 g/mol. The van der Waals surface area contributed by atoms with Gasteiger partial charge in [-0.1, -0.05) is 402 Å². The molecular weight excluding hydrogens is 1370 g/mol. The number of ether oxygens (including phenoxy) is 4. The Labute approximate surface area is 645 Å². The van der Waals surface area contributed by atoms with Crippen LogP contribution < -0.4 is 0 Å². The molecule has 105 heavy (non-hydrogen) atoms. The van der Waals surface area contributed by atoms with E-state index in [-0.39, 0.29) is 25.7 Å². The van der Waals surface area contributed by atoms with Crippen LogP contribution in [0.4, 0.5) is 0 Å². The third-order valence-corrected chi connectivity index (χ3v) is 22.0. The highest BCUT2D eigenvalue weighted by molar-refractivity contribution is 7.47. The van der Waals surface area contributed by atoms with Crippen molar-refractivity contribution in [1.82, 2.24) is 0 Å². The molecule has 0 saturated heterocycles. The van der Waals surface area contributed by atoms with Gasteiger partial charge in [-0.2, -0.15) is 0 Å². The van der Waals surface area contributed by atoms with Crippen LogP contribution in [0, 0.1) is 17.8 Å². The number of rotatable bonds is 84. The zero-order chi connectivity index (χ0) is 77.2. The van der Waals surface area contributed by atoms with Crippen LogP contribution in [-0.2, 0) is 65.4 Å². The maximum atomic E-state index is 13.1. The Hall–Kier alpha value is -1.94. The van der Waals surface area contributed by atoms with E-state index in [4.69, 9.17) is 37.0 Å². The summed E-state index contributed by atoms with van der Waals surface area (Å²) in [6.07, 6.45) is 66.7. The van der Waals surface area contributed by atoms with E-state index in [0.717, 1.165) is 108 Å². The number of esters is 4. The normalized spacial score (nSPS) is 13.9. The molecule has 0 saturated carbocycles. The van der Waals surface area contributed by atoms with Crippen molar-refractivity contribution in [3.05, 3.63) is 0 Å². The number of hydrogen-bond donors (Lipinski definition) is 3. The van der Waals surface area contributed by atoms with Crippen LogP contribution in [-0.4, -0.2) is 96.7 Å². The van der Waals surface area contributed by atoms with Gasteiger partial charge in [0.05, 0.1) is 26.4 Å². The van der Waals surface area contributed by atoms with Crippen LogP contribution >= 0.6 is 15.6 Å². The standard InChI is InChI=1S/C86H168O17P2/c1-8-9-10-11-12-13-14-15-16-17-18-19-22-29-34-39-48-55-62-69-85(90)102-81(73-96-83(88)67-60-53-46-38-33-28-23-20-21-26-31-36-43-50-57-64-77(2)3)75-100-104(92,93)98-71-80(87)72-99-105(94,95)101-76-82(74-97-84(89)68-61-54-47-42-41-45-52-59-66-79(6)7)103-86(91)70-63-56-49-40-35-30-25-24-27-32-37-44-51-58-65-78(4)5/h77-82,87H,8-76H2,1-7H3,(H,92,93)(H,94,95)/t80-,81-,82-/m1/s1. The van der Waals surface area contributed by atoms with Crippen molar-refractivity contribution < 1.29 is 80.2 Å². The highest BCUT2D eigenvalue weighted by Gasteiger charge is 2.30. The third-order valence-electron chi connectivity index (χ3n) is 20.1. The summed E-state index contributed by atoms with van der Waals surface area (Å²) < 4.78 is 68.9. The number of carbonyl (C=O) groups is 4. The van der Waals surface area contributed by atoms with Crippen molar-refractivity contribution in [2.24, 2.45) is 17.8 Å². The van der Waals surface area contributed by atoms with Gasteiger partial charge in [-0.05, 0) is 43.4 Å². The molecule has 0 aliphatic heterocycles. The lowest BCUT2D eigenvalue weighted by Crippen LogP contribution is -2.30. The molecule has 624 valence electrons. The number of phosphoric acid groups is 2. The van der Waals surface area contributed by atoms with Gasteiger partial charge in [-0.3, -0.25) is 37.3 Å². The first kappa shape index (κ1) is 103. The van der Waals surface area contributed by atoms with Gasteiger partial charge in [-0.25, -0.2) is 9.13 Å². The highest BCUT2D eigenvalue weighted by atomic mass is 31.2. The Balaban J connectivity index is 5.25. The highest BCUT2D eigenvalue weighted by Crippen LogP contribution is 2.45. The number of carbonyl (C=O) groups excluding carboxylic acids is 4. The summed E-state index contributed by atoms with van der Waals surface area (Å²) in [6, 6.07) is 0. The minimum atomic E-state index is -4.97. The first-order valence-corrected chi connectivity index (χ1v) is 47.3. The molecule has 5 atom stereocenters. The van der Waals surface area contributed by atoms with Crippen molar-refractivity contribution in [3.8, 4) is 0 Å². The minimum absolute atomic E-state index is 0.107. The smallest absolute Gasteiger partial charge is 0.462 e. The van der Waals surface area contributed by atoms with E-state index in [9.17, 15) is 43.2 Å². The van der Waals surface area contributed by atoms with Crippen LogP contribution in [0.2, 0.25) is 0 Å². The number of aliphatic hydroxyl groups excluding tert-OH is 1. The second-order valence-corrected chi connectivity index (χ2v) is 35.3. The van der Waals surface area contributed by atoms with Gasteiger partial charge >= 0.3 is 39.5 Å². The summed E-state index contributed by atoms with van der Waals surface area (Å²) in [5, 5.41) is 10.7. The van der Waals surface area contributed by atoms with E-state index in [1.54, 1.807) is 0 Å². The quantitative estimate of drug-likeness (QED) is 0.0222. The van der Waals surface area contributed by atoms with Crippen molar-refractivity contribution in [2.45, 2.75) is 471 Å². The fourth-order valence-corrected chi connectivity index (χ4v) is 14.9. The van der Waals surface area contributed by atoms with Crippen LogP contribution in [0.1, 0.15) is 453 Å². The number of hydrogen-bond acceptors (Lipinski definition) is 15. The molecule has 0 heterocycles. The number of unbranched alkanes of at least 4 members (excludes halogenated alkanes) is 52. The van der Waals surface area contributed by atoms with E-state index in [2.05, 4.69) is 48.5 Å². The molecule has 0 aliphatic carbocycles. The Morgan fingerprint density at radius 1 is 0.257 bits per heavy atom. The van der Waals surface area contributed by atoms with Crippen molar-refractivity contribution >= 4 is 39.5 Å². The Morgan fingerprint density at radius 3 is 0.648 bits per heavy atom. The second kappa shape index (κ2) is 76.1. The molecule has 0 rings (SSSR count). The molecule has 0 aliphatic rings. The molecular formula is C86H168O17P2. The minimum Gasteiger partial charge on any atom is -0.462 e. The summed E-state index contributed by atoms with van der Waals surface area (Å²) in [5.41, 5.74) is 0. The first-order chi connectivity index (χ1) is 50.7. The molecule has 0 amide bonds. The molecule has 0 radical (unpaired) electrons. The Morgan fingerprint density at radius 2 is 0.438 bits per heavy atom. The van der Waals surface area contributed by atoms with Gasteiger partial charge in [0.1, 0.15) is 19.3 Å². The van der Waals surface area contributed by atoms with E-state index in [1.807, 2.05) is 0 Å². The molecule has 0 aromatic rings. The van der Waals surface area contributed by atoms with E-state index in [1.165, 1.54) is 263 Å². The Kier molecular flexibility index (Phi) is 74.7. The van der Waals surface area contributed by atoms with Crippen LogP contribution in [0.5, 0.6) is 0 Å². The molecule has 0 bridgehead atoms. The molecule has 3 N–H and O–H groups in total. The molecule has 17 nitrogen and oxygen atoms in total. The molecule has 0 spiro atoms. The first-order valence-electron chi connectivity index (χ1n) is 44.3.